The van der Waals surface area contributed by atoms with Crippen LogP contribution >= 0.6 is 0 Å². The van der Waals surface area contributed by atoms with Gasteiger partial charge in [0.1, 0.15) is 17.1 Å². The highest BCUT2D eigenvalue weighted by Crippen LogP contribution is 2.46. The fourth-order valence-electron chi connectivity index (χ4n) is 3.77. The molecule has 4 rings (SSSR count). The average Bonchev–Trinajstić information content (AvgIpc) is 2.79. The molecule has 11 nitrogen and oxygen atoms in total. The zero-order chi connectivity index (χ0) is 23.1. The molecule has 2 aromatic rings. The van der Waals surface area contributed by atoms with Crippen molar-refractivity contribution in [3.05, 3.63) is 47.7 Å². The average molecular weight is 464 g/mol. The number of guanidine groups is 1. The van der Waals surface area contributed by atoms with Crippen molar-refractivity contribution in [2.75, 3.05) is 26.1 Å². The summed E-state index contributed by atoms with van der Waals surface area (Å²) in [5.41, 5.74) is 3.03. The Balaban J connectivity index is 1.74. The van der Waals surface area contributed by atoms with E-state index in [9.17, 15) is 13.2 Å². The van der Waals surface area contributed by atoms with E-state index in [1.54, 1.807) is 0 Å². The minimum absolute atomic E-state index is 0.0119. The number of anilines is 1. The second-order valence-corrected chi connectivity index (χ2v) is 9.31. The Morgan fingerprint density at radius 2 is 2.16 bits per heavy atom. The van der Waals surface area contributed by atoms with Crippen molar-refractivity contribution in [2.45, 2.75) is 23.8 Å². The van der Waals surface area contributed by atoms with E-state index < -0.39 is 32.7 Å². The van der Waals surface area contributed by atoms with Gasteiger partial charge in [0.2, 0.25) is 17.3 Å². The fraction of sp³-hybridized carbons (Fsp3) is 0.368. The maximum atomic E-state index is 15.0. The smallest absolute Gasteiger partial charge is 0.275 e. The summed E-state index contributed by atoms with van der Waals surface area (Å²) in [6.07, 6.45) is 3.17. The van der Waals surface area contributed by atoms with Gasteiger partial charge in [-0.3, -0.25) is 4.79 Å². The summed E-state index contributed by atoms with van der Waals surface area (Å²) in [6.45, 7) is 0.184. The van der Waals surface area contributed by atoms with Crippen LogP contribution < -0.4 is 15.8 Å². The number of halogens is 1. The molecule has 0 saturated carbocycles. The first-order valence-corrected chi connectivity index (χ1v) is 11.1. The van der Waals surface area contributed by atoms with E-state index in [2.05, 4.69) is 20.3 Å². The van der Waals surface area contributed by atoms with Crippen molar-refractivity contribution < 1.29 is 27.1 Å². The van der Waals surface area contributed by atoms with Gasteiger partial charge in [0.15, 0.2) is 0 Å². The van der Waals surface area contributed by atoms with Gasteiger partial charge in [-0.05, 0) is 31.0 Å². The number of ether oxygens (including phenoxy) is 2. The molecule has 1 aromatic heterocycles. The number of nitrogens with one attached hydrogen (secondary N) is 1. The van der Waals surface area contributed by atoms with Gasteiger partial charge in [-0.15, -0.1) is 0 Å². The summed E-state index contributed by atoms with van der Waals surface area (Å²) in [7, 11) is -1.37. The monoisotopic (exact) mass is 464 g/mol. The molecule has 2 aliphatic rings. The maximum absolute atomic E-state index is 15.0. The first kappa shape index (κ1) is 21.9. The normalized spacial score (nSPS) is 24.3. The summed E-state index contributed by atoms with van der Waals surface area (Å²) in [6, 6.07) is 3.81. The third-order valence-corrected chi connectivity index (χ3v) is 7.43. The van der Waals surface area contributed by atoms with E-state index in [1.807, 2.05) is 0 Å². The lowest BCUT2D eigenvalue weighted by Crippen LogP contribution is -2.60. The molecule has 1 amide bonds. The van der Waals surface area contributed by atoms with Crippen molar-refractivity contribution in [1.29, 1.82) is 0 Å². The van der Waals surface area contributed by atoms with Crippen LogP contribution in [-0.4, -0.2) is 60.8 Å². The number of carbonyl (C=O) groups excluding carboxylic acids is 1. The molecule has 0 bridgehead atoms. The van der Waals surface area contributed by atoms with E-state index in [0.29, 0.717) is 6.42 Å². The van der Waals surface area contributed by atoms with Gasteiger partial charge in [0.25, 0.3) is 15.9 Å². The van der Waals surface area contributed by atoms with Crippen LogP contribution in [0.2, 0.25) is 0 Å². The number of nitrogens with zero attached hydrogens (tertiary/aromatic N) is 4. The topological polar surface area (TPSA) is 149 Å². The van der Waals surface area contributed by atoms with Crippen LogP contribution in [0.3, 0.4) is 0 Å². The Morgan fingerprint density at radius 1 is 1.38 bits per heavy atom. The lowest BCUT2D eigenvalue weighted by molar-refractivity contribution is 0.000601. The number of rotatable bonds is 4. The first-order valence-electron chi connectivity index (χ1n) is 9.61. The van der Waals surface area contributed by atoms with Gasteiger partial charge >= 0.3 is 0 Å². The second kappa shape index (κ2) is 7.98. The van der Waals surface area contributed by atoms with Crippen LogP contribution in [0.15, 0.2) is 35.6 Å². The van der Waals surface area contributed by atoms with Gasteiger partial charge in [-0.1, -0.05) is 0 Å². The summed E-state index contributed by atoms with van der Waals surface area (Å²) < 4.78 is 52.3. The van der Waals surface area contributed by atoms with Gasteiger partial charge in [0, 0.05) is 24.9 Å². The molecular weight excluding hydrogens is 443 g/mol. The highest BCUT2D eigenvalue weighted by Gasteiger charge is 2.56. The van der Waals surface area contributed by atoms with Crippen molar-refractivity contribution in [2.24, 2.45) is 10.7 Å². The standard InChI is InChI=1S/C19H21FN6O5S/c1-26-18(21)25-19(6-3-7-31-17(19)32(26,28)29)12-8-11(4-5-13(12)20)24-16(27)14-9-23-15(30-2)10-22-14/h4-5,8-10,17H,3,6-7H2,1-2H3,(H2,21,25)(H,24,27)/t17?,19-/m1/s1. The van der Waals surface area contributed by atoms with Gasteiger partial charge < -0.3 is 20.5 Å². The number of nitrogens with two attached hydrogens (primary N) is 1. The minimum Gasteiger partial charge on any atom is -0.480 e. The van der Waals surface area contributed by atoms with Crippen LogP contribution in [0.1, 0.15) is 28.9 Å². The lowest BCUT2D eigenvalue weighted by atomic mass is 9.84. The number of fused-ring (bicyclic) bond motifs is 1. The Bertz CT molecular complexity index is 1190. The number of amides is 1. The van der Waals surface area contributed by atoms with E-state index in [4.69, 9.17) is 15.2 Å². The van der Waals surface area contributed by atoms with E-state index in [-0.39, 0.29) is 41.8 Å². The van der Waals surface area contributed by atoms with E-state index in [1.165, 1.54) is 38.7 Å². The molecule has 170 valence electrons. The predicted octanol–water partition coefficient (Wildman–Crippen LogP) is 0.798. The molecule has 2 aliphatic heterocycles. The summed E-state index contributed by atoms with van der Waals surface area (Å²) >= 11 is 0. The number of hydrogen-bond donors (Lipinski definition) is 2. The molecule has 3 heterocycles. The van der Waals surface area contributed by atoms with E-state index in [0.717, 1.165) is 10.4 Å². The Kier molecular flexibility index (Phi) is 5.46. The number of benzene rings is 1. The zero-order valence-corrected chi connectivity index (χ0v) is 18.1. The van der Waals surface area contributed by atoms with Gasteiger partial charge in [-0.2, -0.15) is 0 Å². The summed E-state index contributed by atoms with van der Waals surface area (Å²) in [5.74, 6) is -1.31. The number of sulfonamides is 1. The predicted molar refractivity (Wildman–Crippen MR) is 112 cm³/mol. The molecule has 1 aromatic carbocycles. The van der Waals surface area contributed by atoms with Crippen molar-refractivity contribution in [3.63, 3.8) is 0 Å². The second-order valence-electron chi connectivity index (χ2n) is 7.31. The van der Waals surface area contributed by atoms with Crippen LogP contribution in [0.4, 0.5) is 10.1 Å². The SMILES string of the molecule is COc1cnc(C(=O)Nc2ccc(F)c([C@]34CCCOC3S(=O)(=O)N(C)C(N)=N4)c2)cn1. The third kappa shape index (κ3) is 3.52. The maximum Gasteiger partial charge on any atom is 0.275 e. The highest BCUT2D eigenvalue weighted by atomic mass is 32.2. The van der Waals surface area contributed by atoms with Gasteiger partial charge in [-0.25, -0.2) is 32.1 Å². The number of methoxy groups -OCH3 is 1. The zero-order valence-electron chi connectivity index (χ0n) is 17.3. The van der Waals surface area contributed by atoms with Crippen molar-refractivity contribution in [1.82, 2.24) is 14.3 Å². The Hall–Kier alpha value is -3.32. The molecule has 3 N–H and O–H groups in total. The molecule has 13 heteroatoms. The molecule has 1 saturated heterocycles. The van der Waals surface area contributed by atoms with Crippen LogP contribution in [0.25, 0.3) is 0 Å². The third-order valence-electron chi connectivity index (χ3n) is 5.41. The molecule has 1 fully saturated rings. The van der Waals surface area contributed by atoms with E-state index >= 15 is 4.39 Å². The molecule has 1 unspecified atom stereocenters. The number of aliphatic imine (C=N–C) groups is 1. The lowest BCUT2D eigenvalue weighted by Gasteiger charge is -2.45. The minimum atomic E-state index is -4.05. The fourth-order valence-corrected chi connectivity index (χ4v) is 5.42. The van der Waals surface area contributed by atoms with Crippen LogP contribution in [-0.2, 0) is 20.3 Å². The van der Waals surface area contributed by atoms with Crippen LogP contribution in [0.5, 0.6) is 5.88 Å². The van der Waals surface area contributed by atoms with Crippen molar-refractivity contribution in [3.8, 4) is 5.88 Å². The highest BCUT2D eigenvalue weighted by molar-refractivity contribution is 7.90. The van der Waals surface area contributed by atoms with Crippen LogP contribution in [0, 0.1) is 5.82 Å². The molecule has 32 heavy (non-hydrogen) atoms. The summed E-state index contributed by atoms with van der Waals surface area (Å²) in [5, 5.41) is 2.61. The quantitative estimate of drug-likeness (QED) is 0.675. The molecule has 0 spiro atoms. The largest absolute Gasteiger partial charge is 0.480 e. The molecule has 2 atom stereocenters. The molecular formula is C19H21FN6O5S. The number of hydrogen-bond acceptors (Lipinski definition) is 9. The Morgan fingerprint density at radius 3 is 2.84 bits per heavy atom. The number of aromatic nitrogens is 2. The van der Waals surface area contributed by atoms with Gasteiger partial charge in [0.05, 0.1) is 19.5 Å². The molecule has 0 aliphatic carbocycles. The number of carbonyl (C=O) groups is 1. The summed E-state index contributed by atoms with van der Waals surface area (Å²) in [4.78, 5) is 24.8. The molecule has 0 radical (unpaired) electrons. The van der Waals surface area contributed by atoms with Crippen molar-refractivity contribution >= 4 is 27.6 Å². The first-order chi connectivity index (χ1) is 15.2. The Labute approximate surface area is 183 Å².